The molecule has 0 atom stereocenters. The van der Waals surface area contributed by atoms with Gasteiger partial charge < -0.3 is 0 Å². The molecule has 118 valence electrons. The number of alkyl halides is 1. The molecule has 0 aromatic rings. The lowest BCUT2D eigenvalue weighted by Gasteiger charge is -2.42. The second-order valence-electron chi connectivity index (χ2n) is 6.11. The largest absolute Gasteiger partial charge is 0.569 e. The molecule has 0 aromatic heterocycles. The van der Waals surface area contributed by atoms with Crippen LogP contribution in [0.3, 0.4) is 0 Å². The van der Waals surface area contributed by atoms with Crippen molar-refractivity contribution in [3.05, 3.63) is 20.2 Å². The Kier molecular flexibility index (Phi) is 3.62. The van der Waals surface area contributed by atoms with Gasteiger partial charge >= 0.3 is 5.79 Å². The summed E-state index contributed by atoms with van der Waals surface area (Å²) in [7, 11) is 0. The van der Waals surface area contributed by atoms with Crippen LogP contribution in [-0.4, -0.2) is 36.5 Å². The smallest absolute Gasteiger partial charge is 0.257 e. The molecule has 0 aromatic carbocycles. The Morgan fingerprint density at radius 2 is 1.71 bits per heavy atom. The van der Waals surface area contributed by atoms with Crippen LogP contribution in [0.15, 0.2) is 0 Å². The van der Waals surface area contributed by atoms with Gasteiger partial charge in [-0.2, -0.15) is 0 Å². The van der Waals surface area contributed by atoms with Crippen molar-refractivity contribution in [2.45, 2.75) is 61.9 Å². The minimum atomic E-state index is -2.53. The normalized spacial score (nSPS) is 28.8. The first-order valence-corrected chi connectivity index (χ1v) is 8.44. The highest BCUT2D eigenvalue weighted by Gasteiger charge is 2.77. The van der Waals surface area contributed by atoms with Crippen molar-refractivity contribution in [2.75, 3.05) is 4.43 Å². The fourth-order valence-electron chi connectivity index (χ4n) is 3.03. The van der Waals surface area contributed by atoms with E-state index in [9.17, 15) is 20.2 Å². The van der Waals surface area contributed by atoms with Gasteiger partial charge in [-0.05, 0) is 38.5 Å². The maximum absolute atomic E-state index is 11.4. The van der Waals surface area contributed by atoms with Gasteiger partial charge in [0.15, 0.2) is 0 Å². The van der Waals surface area contributed by atoms with Crippen molar-refractivity contribution >= 4 is 22.6 Å². The van der Waals surface area contributed by atoms with Crippen molar-refractivity contribution in [2.24, 2.45) is 0 Å². The van der Waals surface area contributed by atoms with Crippen LogP contribution < -0.4 is 0 Å². The molecule has 10 heteroatoms. The second kappa shape index (κ2) is 4.96. The molecule has 21 heavy (non-hydrogen) atoms. The molecule has 3 aliphatic rings. The van der Waals surface area contributed by atoms with Crippen molar-refractivity contribution in [1.82, 2.24) is 5.23 Å². The van der Waals surface area contributed by atoms with Crippen LogP contribution in [0.4, 0.5) is 0 Å². The van der Waals surface area contributed by atoms with Crippen molar-refractivity contribution in [3.8, 4) is 0 Å². The minimum Gasteiger partial charge on any atom is -0.257 e. The van der Waals surface area contributed by atoms with Gasteiger partial charge in [-0.25, -0.2) is 0 Å². The van der Waals surface area contributed by atoms with E-state index in [4.69, 9.17) is 9.68 Å². The Bertz CT molecular complexity index is 459. The zero-order valence-electron chi connectivity index (χ0n) is 11.3. The highest BCUT2D eigenvalue weighted by Crippen LogP contribution is 2.52. The third-order valence-electron chi connectivity index (χ3n) is 4.76. The molecule has 0 unspecified atom stereocenters. The van der Waals surface area contributed by atoms with Gasteiger partial charge in [0.25, 0.3) is 0 Å². The van der Waals surface area contributed by atoms with Crippen LogP contribution in [0.2, 0.25) is 0 Å². The van der Waals surface area contributed by atoms with Crippen molar-refractivity contribution in [3.63, 3.8) is 0 Å². The summed E-state index contributed by atoms with van der Waals surface area (Å²) in [5.74, 6) is -2.53. The van der Waals surface area contributed by atoms with Crippen LogP contribution in [0.5, 0.6) is 0 Å². The number of rotatable bonds is 5. The Morgan fingerprint density at radius 3 is 2.05 bits per heavy atom. The average molecular weight is 413 g/mol. The number of nitrogens with zero attached hydrogens (tertiary/aromatic N) is 3. The highest BCUT2D eigenvalue weighted by molar-refractivity contribution is 14.1. The van der Waals surface area contributed by atoms with Gasteiger partial charge in [-0.15, -0.1) is 0 Å². The zero-order chi connectivity index (χ0) is 15.3. The quantitative estimate of drug-likeness (QED) is 0.223. The molecule has 0 N–H and O–H groups in total. The average Bonchev–Trinajstić information content (AvgIpc) is 2.70. The predicted octanol–water partition coefficient (Wildman–Crippen LogP) is 2.04. The van der Waals surface area contributed by atoms with E-state index in [0.29, 0.717) is 22.5 Å². The zero-order valence-corrected chi connectivity index (χ0v) is 13.5. The lowest BCUT2D eigenvalue weighted by Crippen LogP contribution is -2.60. The SMILES string of the molecule is O=[N+]([O-])C1([N+](=O)[O-])CC2(CCC2)ON1OC1(CI)CCC1. The Hall–Kier alpha value is -0.590. The molecule has 2 saturated carbocycles. The standard InChI is InChI=1S/C11H16IN3O6/c12-8-10(5-2-6-10)21-15-11(13(16)17,14(18)19)7-9(20-15)3-1-4-9/h1-8H2. The molecule has 1 heterocycles. The number of hydrogen-bond donors (Lipinski definition) is 0. The molecule has 3 fully saturated rings. The van der Waals surface area contributed by atoms with E-state index in [-0.39, 0.29) is 6.42 Å². The van der Waals surface area contributed by atoms with Crippen LogP contribution in [0.25, 0.3) is 0 Å². The van der Waals surface area contributed by atoms with Gasteiger partial charge in [-0.3, -0.25) is 29.9 Å². The molecule has 9 nitrogen and oxygen atoms in total. The first-order chi connectivity index (χ1) is 9.88. The molecule has 2 aliphatic carbocycles. The van der Waals surface area contributed by atoms with E-state index >= 15 is 0 Å². The molecule has 3 rings (SSSR count). The first-order valence-electron chi connectivity index (χ1n) is 6.92. The fourth-order valence-corrected chi connectivity index (χ4v) is 3.94. The van der Waals surface area contributed by atoms with Crippen LogP contribution in [0.1, 0.15) is 44.9 Å². The maximum atomic E-state index is 11.4. The summed E-state index contributed by atoms with van der Waals surface area (Å²) in [6.45, 7) is 0. The molecule has 0 amide bonds. The van der Waals surface area contributed by atoms with E-state index in [2.05, 4.69) is 22.6 Å². The van der Waals surface area contributed by atoms with Crippen LogP contribution in [-0.2, 0) is 9.68 Å². The molecule has 1 aliphatic heterocycles. The summed E-state index contributed by atoms with van der Waals surface area (Å²) in [5.41, 5.74) is -1.39. The van der Waals surface area contributed by atoms with E-state index in [1.54, 1.807) is 0 Å². The number of nitro groups is 2. The number of hydroxylamine groups is 2. The minimum absolute atomic E-state index is 0.267. The van der Waals surface area contributed by atoms with Gasteiger partial charge in [0.05, 0.1) is 5.23 Å². The molecule has 1 spiro atoms. The summed E-state index contributed by atoms with van der Waals surface area (Å²) in [5, 5.41) is 23.5. The molecular weight excluding hydrogens is 397 g/mol. The topological polar surface area (TPSA) is 108 Å². The van der Waals surface area contributed by atoms with Crippen molar-refractivity contribution in [1.29, 1.82) is 0 Å². The summed E-state index contributed by atoms with van der Waals surface area (Å²) in [4.78, 5) is 32.4. The fraction of sp³-hybridized carbons (Fsp3) is 1.00. The maximum Gasteiger partial charge on any atom is 0.569 e. The molecule has 0 radical (unpaired) electrons. The Balaban J connectivity index is 1.90. The van der Waals surface area contributed by atoms with Gasteiger partial charge in [-0.1, -0.05) is 22.6 Å². The van der Waals surface area contributed by atoms with E-state index in [0.717, 1.165) is 25.7 Å². The highest BCUT2D eigenvalue weighted by atomic mass is 127. The number of halogens is 1. The van der Waals surface area contributed by atoms with E-state index < -0.39 is 26.8 Å². The van der Waals surface area contributed by atoms with Crippen LogP contribution >= 0.6 is 22.6 Å². The molecular formula is C11H16IN3O6. The summed E-state index contributed by atoms with van der Waals surface area (Å²) < 4.78 is 0.614. The summed E-state index contributed by atoms with van der Waals surface area (Å²) >= 11 is 2.14. The van der Waals surface area contributed by atoms with E-state index in [1.807, 2.05) is 0 Å². The summed E-state index contributed by atoms with van der Waals surface area (Å²) in [6, 6.07) is 0. The third-order valence-corrected chi connectivity index (χ3v) is 6.15. The van der Waals surface area contributed by atoms with Crippen molar-refractivity contribution < 1.29 is 19.5 Å². The Labute approximate surface area is 134 Å². The lowest BCUT2D eigenvalue weighted by molar-refractivity contribution is -0.853. The molecule has 0 bridgehead atoms. The lowest BCUT2D eigenvalue weighted by atomic mass is 9.77. The van der Waals surface area contributed by atoms with Gasteiger partial charge in [0, 0.05) is 4.43 Å². The second-order valence-corrected chi connectivity index (χ2v) is 6.87. The first kappa shape index (κ1) is 15.3. The van der Waals surface area contributed by atoms with Crippen LogP contribution in [0, 0.1) is 20.2 Å². The van der Waals surface area contributed by atoms with Gasteiger partial charge in [0.1, 0.15) is 27.5 Å². The summed E-state index contributed by atoms with van der Waals surface area (Å²) in [6.07, 6.45) is 4.18. The molecule has 1 saturated heterocycles. The monoisotopic (exact) mass is 413 g/mol. The van der Waals surface area contributed by atoms with E-state index in [1.165, 1.54) is 0 Å². The third kappa shape index (κ3) is 2.14. The Morgan fingerprint density at radius 1 is 1.14 bits per heavy atom. The predicted molar refractivity (Wildman–Crippen MR) is 77.4 cm³/mol. The number of hydrogen-bond acceptors (Lipinski definition) is 7. The van der Waals surface area contributed by atoms with Gasteiger partial charge in [0.2, 0.25) is 0 Å².